The molecule has 0 saturated carbocycles. The van der Waals surface area contributed by atoms with Crippen molar-refractivity contribution >= 4 is 6.09 Å². The number of halogens is 2. The van der Waals surface area contributed by atoms with E-state index in [2.05, 4.69) is 0 Å². The Balaban J connectivity index is 2.90. The van der Waals surface area contributed by atoms with Gasteiger partial charge in [-0.25, -0.2) is 13.6 Å². The van der Waals surface area contributed by atoms with E-state index < -0.39 is 30.3 Å². The lowest BCUT2D eigenvalue weighted by Crippen LogP contribution is -2.56. The third kappa shape index (κ3) is 4.58. The van der Waals surface area contributed by atoms with Gasteiger partial charge >= 0.3 is 6.09 Å². The highest BCUT2D eigenvalue weighted by Crippen LogP contribution is 2.35. The summed E-state index contributed by atoms with van der Waals surface area (Å²) in [5, 5.41) is 9.64. The van der Waals surface area contributed by atoms with Crippen LogP contribution in [0.15, 0.2) is 0 Å². The quantitative estimate of drug-likeness (QED) is 0.851. The maximum Gasteiger partial charge on any atom is 0.410 e. The van der Waals surface area contributed by atoms with Crippen LogP contribution in [0.25, 0.3) is 0 Å². The number of amides is 1. The first-order valence-corrected chi connectivity index (χ1v) is 6.89. The van der Waals surface area contributed by atoms with Crippen molar-refractivity contribution in [2.24, 2.45) is 5.41 Å². The van der Waals surface area contributed by atoms with Crippen molar-refractivity contribution in [3.8, 4) is 0 Å². The number of rotatable bonds is 2. The number of aliphatic hydroxyl groups excluding tert-OH is 1. The van der Waals surface area contributed by atoms with Crippen molar-refractivity contribution in [1.82, 2.24) is 4.90 Å². The molecule has 2 atom stereocenters. The maximum atomic E-state index is 12.8. The van der Waals surface area contributed by atoms with Crippen LogP contribution < -0.4 is 0 Å². The average molecular weight is 293 g/mol. The summed E-state index contributed by atoms with van der Waals surface area (Å²) < 4.78 is 30.8. The van der Waals surface area contributed by atoms with Crippen molar-refractivity contribution < 1.29 is 23.4 Å². The SMILES string of the molecule is CC1(C)CCC(C(O)C(F)F)N(C(=O)OC(C)(C)C)C1. The third-order valence-electron chi connectivity index (χ3n) is 3.40. The summed E-state index contributed by atoms with van der Waals surface area (Å²) in [7, 11) is 0. The van der Waals surface area contributed by atoms with Gasteiger partial charge in [0, 0.05) is 6.54 Å². The summed E-state index contributed by atoms with van der Waals surface area (Å²) in [6.07, 6.45) is -4.32. The minimum absolute atomic E-state index is 0.171. The highest BCUT2D eigenvalue weighted by Gasteiger charge is 2.43. The van der Waals surface area contributed by atoms with E-state index in [1.807, 2.05) is 13.8 Å². The average Bonchev–Trinajstić information content (AvgIpc) is 2.24. The number of hydrogen-bond donors (Lipinski definition) is 1. The van der Waals surface area contributed by atoms with Crippen LogP contribution in [0.5, 0.6) is 0 Å². The molecule has 1 aliphatic heterocycles. The van der Waals surface area contributed by atoms with Crippen LogP contribution in [0.3, 0.4) is 0 Å². The molecule has 1 fully saturated rings. The van der Waals surface area contributed by atoms with Crippen molar-refractivity contribution in [3.63, 3.8) is 0 Å². The van der Waals surface area contributed by atoms with Gasteiger partial charge in [0.25, 0.3) is 6.43 Å². The zero-order chi connectivity index (χ0) is 15.7. The van der Waals surface area contributed by atoms with Crippen molar-refractivity contribution in [2.75, 3.05) is 6.54 Å². The summed E-state index contributed by atoms with van der Waals surface area (Å²) in [5.74, 6) is 0. The molecule has 0 aliphatic carbocycles. The minimum atomic E-state index is -2.87. The Bertz CT molecular complexity index is 353. The first-order valence-electron chi connectivity index (χ1n) is 6.89. The van der Waals surface area contributed by atoms with Crippen LogP contribution in [-0.2, 0) is 4.74 Å². The summed E-state index contributed by atoms with van der Waals surface area (Å²) >= 11 is 0. The van der Waals surface area contributed by atoms with E-state index in [1.165, 1.54) is 4.90 Å². The zero-order valence-corrected chi connectivity index (χ0v) is 12.8. The van der Waals surface area contributed by atoms with Crippen LogP contribution in [0.2, 0.25) is 0 Å². The van der Waals surface area contributed by atoms with E-state index in [-0.39, 0.29) is 5.41 Å². The first-order chi connectivity index (χ1) is 8.93. The number of carbonyl (C=O) groups is 1. The van der Waals surface area contributed by atoms with Crippen LogP contribution in [0.4, 0.5) is 13.6 Å². The predicted octanol–water partition coefficient (Wildman–Crippen LogP) is 3.04. The number of aliphatic hydroxyl groups is 1. The van der Waals surface area contributed by atoms with E-state index in [4.69, 9.17) is 4.74 Å². The molecule has 1 rings (SSSR count). The van der Waals surface area contributed by atoms with Crippen molar-refractivity contribution in [3.05, 3.63) is 0 Å². The normalized spacial score (nSPS) is 24.6. The molecule has 1 aliphatic rings. The van der Waals surface area contributed by atoms with Gasteiger partial charge < -0.3 is 14.7 Å². The molecule has 0 radical (unpaired) electrons. The molecule has 0 aromatic carbocycles. The van der Waals surface area contributed by atoms with Gasteiger partial charge in [0.1, 0.15) is 11.7 Å². The van der Waals surface area contributed by atoms with E-state index in [1.54, 1.807) is 20.8 Å². The molecule has 1 N–H and O–H groups in total. The molecule has 0 aromatic rings. The molecule has 6 heteroatoms. The lowest BCUT2D eigenvalue weighted by atomic mass is 9.80. The van der Waals surface area contributed by atoms with Gasteiger partial charge in [-0.2, -0.15) is 0 Å². The molecule has 20 heavy (non-hydrogen) atoms. The molecule has 4 nitrogen and oxygen atoms in total. The molecule has 1 saturated heterocycles. The Morgan fingerprint density at radius 3 is 2.40 bits per heavy atom. The molecule has 2 unspecified atom stereocenters. The standard InChI is InChI=1S/C14H25F2NO3/c1-13(2,3)20-12(19)17-8-14(4,5)7-6-9(17)10(18)11(15)16/h9-11,18H,6-8H2,1-5H3. The molecule has 0 bridgehead atoms. The lowest BCUT2D eigenvalue weighted by Gasteiger charge is -2.45. The maximum absolute atomic E-state index is 12.8. The highest BCUT2D eigenvalue weighted by molar-refractivity contribution is 5.69. The monoisotopic (exact) mass is 293 g/mol. The summed E-state index contributed by atoms with van der Waals surface area (Å²) in [6, 6.07) is -0.891. The molecule has 118 valence electrons. The number of nitrogens with zero attached hydrogens (tertiary/aromatic N) is 1. The Kier molecular flexibility index (Phi) is 5.00. The molecule has 1 amide bonds. The van der Waals surface area contributed by atoms with Gasteiger partial charge in [0.15, 0.2) is 0 Å². The van der Waals surface area contributed by atoms with Crippen LogP contribution >= 0.6 is 0 Å². The topological polar surface area (TPSA) is 49.8 Å². The Hall–Kier alpha value is -0.910. The fourth-order valence-electron chi connectivity index (χ4n) is 2.40. The summed E-state index contributed by atoms with van der Waals surface area (Å²) in [5.41, 5.74) is -0.867. The Morgan fingerprint density at radius 1 is 1.40 bits per heavy atom. The highest BCUT2D eigenvalue weighted by atomic mass is 19.3. The van der Waals surface area contributed by atoms with Crippen LogP contribution in [0.1, 0.15) is 47.5 Å². The number of likely N-dealkylation sites (tertiary alicyclic amines) is 1. The predicted molar refractivity (Wildman–Crippen MR) is 71.8 cm³/mol. The second-order valence-electron chi connectivity index (χ2n) is 7.20. The van der Waals surface area contributed by atoms with Gasteiger partial charge in [-0.1, -0.05) is 13.8 Å². The number of piperidine rings is 1. The smallest absolute Gasteiger partial charge is 0.410 e. The van der Waals surface area contributed by atoms with Gasteiger partial charge in [-0.3, -0.25) is 0 Å². The largest absolute Gasteiger partial charge is 0.444 e. The molecule has 0 spiro atoms. The Morgan fingerprint density at radius 2 is 1.95 bits per heavy atom. The fourth-order valence-corrected chi connectivity index (χ4v) is 2.40. The van der Waals surface area contributed by atoms with E-state index in [0.717, 1.165) is 0 Å². The van der Waals surface area contributed by atoms with Crippen LogP contribution in [0, 0.1) is 5.41 Å². The van der Waals surface area contributed by atoms with Gasteiger partial charge in [0.05, 0.1) is 6.04 Å². The number of carbonyl (C=O) groups excluding carboxylic acids is 1. The van der Waals surface area contributed by atoms with E-state index in [0.29, 0.717) is 19.4 Å². The van der Waals surface area contributed by atoms with Crippen LogP contribution in [-0.4, -0.2) is 46.8 Å². The van der Waals surface area contributed by atoms with Crippen molar-refractivity contribution in [1.29, 1.82) is 0 Å². The third-order valence-corrected chi connectivity index (χ3v) is 3.40. The number of alkyl halides is 2. The molecular weight excluding hydrogens is 268 g/mol. The minimum Gasteiger partial charge on any atom is -0.444 e. The van der Waals surface area contributed by atoms with Crippen molar-refractivity contribution in [2.45, 2.75) is 71.6 Å². The number of hydrogen-bond acceptors (Lipinski definition) is 3. The first kappa shape index (κ1) is 17.1. The van der Waals surface area contributed by atoms with Gasteiger partial charge in [0.2, 0.25) is 0 Å². The second-order valence-corrected chi connectivity index (χ2v) is 7.20. The van der Waals surface area contributed by atoms with E-state index >= 15 is 0 Å². The van der Waals surface area contributed by atoms with E-state index in [9.17, 15) is 18.7 Å². The molecule has 0 aromatic heterocycles. The fraction of sp³-hybridized carbons (Fsp3) is 0.929. The van der Waals surface area contributed by atoms with Gasteiger partial charge in [-0.05, 0) is 39.0 Å². The summed E-state index contributed by atoms with van der Waals surface area (Å²) in [6.45, 7) is 9.40. The zero-order valence-electron chi connectivity index (χ0n) is 12.8. The lowest BCUT2D eigenvalue weighted by molar-refractivity contribution is -0.0839. The Labute approximate surface area is 119 Å². The summed E-state index contributed by atoms with van der Waals surface area (Å²) in [4.78, 5) is 13.4. The number of ether oxygens (including phenoxy) is 1. The second kappa shape index (κ2) is 5.84. The molecular formula is C14H25F2NO3. The van der Waals surface area contributed by atoms with Gasteiger partial charge in [-0.15, -0.1) is 0 Å². The molecule has 1 heterocycles.